The lowest BCUT2D eigenvalue weighted by molar-refractivity contribution is 0.719. The van der Waals surface area contributed by atoms with Crippen LogP contribution in [0, 0.1) is 0 Å². The second kappa shape index (κ2) is 4.09. The van der Waals surface area contributed by atoms with Gasteiger partial charge in [0, 0.05) is 7.05 Å². The van der Waals surface area contributed by atoms with Crippen molar-refractivity contribution in [2.24, 2.45) is 4.99 Å². The van der Waals surface area contributed by atoms with E-state index in [1.54, 1.807) is 17.9 Å². The molecule has 0 unspecified atom stereocenters. The summed E-state index contributed by atoms with van der Waals surface area (Å²) >= 11 is 0. The van der Waals surface area contributed by atoms with Crippen LogP contribution in [0.1, 0.15) is 31.2 Å². The maximum absolute atomic E-state index is 4.37. The van der Waals surface area contributed by atoms with Crippen LogP contribution in [-0.4, -0.2) is 23.7 Å². The molecule has 1 N–H and O–H groups in total. The first-order valence-electron chi connectivity index (χ1n) is 4.55. The van der Waals surface area contributed by atoms with Gasteiger partial charge in [0.05, 0.1) is 5.69 Å². The van der Waals surface area contributed by atoms with Crippen LogP contribution in [-0.2, 0) is 0 Å². The molecule has 0 fully saturated rings. The van der Waals surface area contributed by atoms with Crippen LogP contribution >= 0.6 is 0 Å². The summed E-state index contributed by atoms with van der Waals surface area (Å²) in [5.74, 6) is 0.323. The molecule has 0 aromatic carbocycles. The normalized spacial score (nSPS) is 10.3. The third-order valence-electron chi connectivity index (χ3n) is 2.03. The summed E-state index contributed by atoms with van der Waals surface area (Å²) in [6.45, 7) is 11.4. The molecule has 0 atom stereocenters. The van der Waals surface area contributed by atoms with Gasteiger partial charge in [-0.3, -0.25) is 4.99 Å². The van der Waals surface area contributed by atoms with Crippen LogP contribution in [0.4, 0.5) is 5.69 Å². The Labute approximate surface area is 84.3 Å². The van der Waals surface area contributed by atoms with Crippen LogP contribution in [0.25, 0.3) is 6.08 Å². The fourth-order valence-corrected chi connectivity index (χ4v) is 1.34. The molecule has 0 saturated carbocycles. The highest BCUT2D eigenvalue weighted by Crippen LogP contribution is 2.29. The summed E-state index contributed by atoms with van der Waals surface area (Å²) in [5.41, 5.74) is 5.54. The summed E-state index contributed by atoms with van der Waals surface area (Å²) in [6.07, 6.45) is 1.72. The first kappa shape index (κ1) is 10.5. The van der Waals surface area contributed by atoms with E-state index in [1.165, 1.54) is 0 Å². The number of hydrogen-bond donors (Lipinski definition) is 1. The number of nitrogens with zero attached hydrogens (tertiary/aromatic N) is 3. The number of rotatable bonds is 4. The van der Waals surface area contributed by atoms with Crippen molar-refractivity contribution in [3.05, 3.63) is 18.0 Å². The highest BCUT2D eigenvalue weighted by atomic mass is 15.6. The number of aromatic nitrogens is 2. The van der Waals surface area contributed by atoms with Crippen molar-refractivity contribution in [1.29, 1.82) is 0 Å². The molecule has 0 bridgehead atoms. The predicted octanol–water partition coefficient (Wildman–Crippen LogP) is 2.15. The number of hydrogen-bond acceptors (Lipinski definition) is 3. The molecule has 0 aliphatic carbocycles. The first-order chi connectivity index (χ1) is 6.65. The lowest BCUT2D eigenvalue weighted by Crippen LogP contribution is -2.12. The van der Waals surface area contributed by atoms with E-state index in [9.17, 15) is 0 Å². The molecule has 0 aliphatic heterocycles. The molecular formula is C10H16N4. The van der Waals surface area contributed by atoms with Gasteiger partial charge in [0.15, 0.2) is 0 Å². The molecule has 1 heterocycles. The minimum Gasteiger partial charge on any atom is -0.312 e. The molecule has 1 aromatic rings. The molecule has 0 aliphatic rings. The van der Waals surface area contributed by atoms with Gasteiger partial charge in [-0.1, -0.05) is 20.4 Å². The Morgan fingerprint density at radius 2 is 2.21 bits per heavy atom. The van der Waals surface area contributed by atoms with Crippen molar-refractivity contribution >= 4 is 18.5 Å². The summed E-state index contributed by atoms with van der Waals surface area (Å²) in [7, 11) is 1.80. The smallest absolute Gasteiger partial charge is 0.113 e. The Morgan fingerprint density at radius 1 is 1.57 bits per heavy atom. The van der Waals surface area contributed by atoms with Crippen molar-refractivity contribution < 1.29 is 0 Å². The molecule has 1 aromatic heterocycles. The van der Waals surface area contributed by atoms with Gasteiger partial charge in [0.1, 0.15) is 11.4 Å². The average Bonchev–Trinajstić information content (AvgIpc) is 2.54. The Balaban J connectivity index is 3.38. The molecule has 4 nitrogen and oxygen atoms in total. The highest BCUT2D eigenvalue weighted by molar-refractivity contribution is 5.65. The molecule has 1 rings (SSSR count). The van der Waals surface area contributed by atoms with Gasteiger partial charge in [0.25, 0.3) is 0 Å². The monoisotopic (exact) mass is 192 g/mol. The quantitative estimate of drug-likeness (QED) is 0.743. The third-order valence-corrected chi connectivity index (χ3v) is 2.03. The molecule has 14 heavy (non-hydrogen) atoms. The largest absolute Gasteiger partial charge is 0.312 e. The highest BCUT2D eigenvalue weighted by Gasteiger charge is 2.16. The molecule has 0 saturated heterocycles. The predicted molar refractivity (Wildman–Crippen MR) is 60.9 cm³/mol. The van der Waals surface area contributed by atoms with Crippen LogP contribution in [0.2, 0.25) is 0 Å². The molecule has 4 heteroatoms. The summed E-state index contributed by atoms with van der Waals surface area (Å²) in [5, 5.41) is 4.37. The standard InChI is InChI=1S/C10H16N4/c1-6-8-10(11-4)9(7(2)3)13-14(8)12-5/h6-7,12H,1,4H2,2-3,5H3. The first-order valence-corrected chi connectivity index (χ1v) is 4.55. The molecule has 76 valence electrons. The summed E-state index contributed by atoms with van der Waals surface area (Å²) < 4.78 is 0. The van der Waals surface area contributed by atoms with E-state index in [4.69, 9.17) is 0 Å². The van der Waals surface area contributed by atoms with Crippen LogP contribution in [0.5, 0.6) is 0 Å². The van der Waals surface area contributed by atoms with Crippen molar-refractivity contribution in [2.75, 3.05) is 12.5 Å². The van der Waals surface area contributed by atoms with Gasteiger partial charge in [-0.2, -0.15) is 9.89 Å². The van der Waals surface area contributed by atoms with E-state index < -0.39 is 0 Å². The van der Waals surface area contributed by atoms with Gasteiger partial charge in [-0.25, -0.2) is 0 Å². The zero-order valence-electron chi connectivity index (χ0n) is 8.91. The Kier molecular flexibility index (Phi) is 3.06. The van der Waals surface area contributed by atoms with Crippen molar-refractivity contribution in [1.82, 2.24) is 9.89 Å². The number of nitrogens with one attached hydrogen (secondary N) is 1. The zero-order chi connectivity index (χ0) is 10.7. The zero-order valence-corrected chi connectivity index (χ0v) is 8.91. The van der Waals surface area contributed by atoms with E-state index in [0.717, 1.165) is 17.1 Å². The SMILES string of the molecule is C=Cc1c(N=C)c(C(C)C)nn1NC. The number of aliphatic imine (C=N–C) groups is 1. The summed E-state index contributed by atoms with van der Waals surface area (Å²) in [4.78, 5) is 5.65. The topological polar surface area (TPSA) is 42.2 Å². The fraction of sp³-hybridized carbons (Fsp3) is 0.400. The van der Waals surface area contributed by atoms with E-state index in [-0.39, 0.29) is 0 Å². The average molecular weight is 192 g/mol. The molecule has 0 spiro atoms. The van der Waals surface area contributed by atoms with E-state index in [1.807, 2.05) is 0 Å². The Morgan fingerprint density at radius 3 is 2.57 bits per heavy atom. The molecule has 0 amide bonds. The fourth-order valence-electron chi connectivity index (χ4n) is 1.34. The van der Waals surface area contributed by atoms with Crippen molar-refractivity contribution in [3.8, 4) is 0 Å². The van der Waals surface area contributed by atoms with Gasteiger partial charge >= 0.3 is 0 Å². The van der Waals surface area contributed by atoms with Gasteiger partial charge in [-0.05, 0) is 18.7 Å². The second-order valence-electron chi connectivity index (χ2n) is 3.27. The maximum Gasteiger partial charge on any atom is 0.113 e. The van der Waals surface area contributed by atoms with Crippen LogP contribution in [0.15, 0.2) is 11.6 Å². The van der Waals surface area contributed by atoms with Crippen LogP contribution in [0.3, 0.4) is 0 Å². The Bertz CT molecular complexity index is 349. The van der Waals surface area contributed by atoms with E-state index >= 15 is 0 Å². The maximum atomic E-state index is 4.37. The molecular weight excluding hydrogens is 176 g/mol. The lowest BCUT2D eigenvalue weighted by atomic mass is 10.1. The minimum absolute atomic E-state index is 0.323. The minimum atomic E-state index is 0.323. The van der Waals surface area contributed by atoms with Crippen molar-refractivity contribution in [2.45, 2.75) is 19.8 Å². The van der Waals surface area contributed by atoms with Crippen molar-refractivity contribution in [3.63, 3.8) is 0 Å². The van der Waals surface area contributed by atoms with E-state index in [2.05, 4.69) is 42.7 Å². The van der Waals surface area contributed by atoms with E-state index in [0.29, 0.717) is 5.92 Å². The van der Waals surface area contributed by atoms with Gasteiger partial charge in [-0.15, -0.1) is 0 Å². The van der Waals surface area contributed by atoms with Gasteiger partial charge < -0.3 is 5.43 Å². The lowest BCUT2D eigenvalue weighted by Gasteiger charge is -2.00. The second-order valence-corrected chi connectivity index (χ2v) is 3.27. The molecule has 0 radical (unpaired) electrons. The van der Waals surface area contributed by atoms with Gasteiger partial charge in [0.2, 0.25) is 0 Å². The third kappa shape index (κ3) is 1.55. The van der Waals surface area contributed by atoms with Crippen LogP contribution < -0.4 is 5.43 Å². The Hall–Kier alpha value is -1.58. The summed E-state index contributed by atoms with van der Waals surface area (Å²) in [6, 6.07) is 0.